The van der Waals surface area contributed by atoms with Crippen LogP contribution in [0.1, 0.15) is 40.0 Å². The number of aliphatic hydroxyl groups excluding tert-OH is 1. The molecule has 0 fully saturated rings. The monoisotopic (exact) mass is 223 g/mol. The zero-order valence-corrected chi connectivity index (χ0v) is 10.1. The van der Waals surface area contributed by atoms with Gasteiger partial charge in [0.15, 0.2) is 0 Å². The first-order valence-electron chi connectivity index (χ1n) is 4.62. The fourth-order valence-electron chi connectivity index (χ4n) is 1.48. The summed E-state index contributed by atoms with van der Waals surface area (Å²) >= 11 is 0. The molecule has 1 atom stereocenters. The lowest BCUT2D eigenvalue weighted by atomic mass is 9.89. The van der Waals surface area contributed by atoms with Crippen LogP contribution < -0.4 is 6.15 Å². The van der Waals surface area contributed by atoms with Crippen LogP contribution in [0, 0.1) is 0 Å². The Morgan fingerprint density at radius 1 is 1.36 bits per heavy atom. The standard InChI is InChI=1S/C8H18O4Si.H3N/c1-4-7(9)8(5-2,6-3)12-13(10)11;/h7,9-10H,4-6H2,1-3H3;1H3. The lowest BCUT2D eigenvalue weighted by Gasteiger charge is -2.35. The molecule has 0 bridgehead atoms. The second kappa shape index (κ2) is 6.91. The van der Waals surface area contributed by atoms with Crippen molar-refractivity contribution in [2.24, 2.45) is 0 Å². The third-order valence-electron chi connectivity index (χ3n) is 2.48. The molecule has 0 aromatic heterocycles. The van der Waals surface area contributed by atoms with Crippen LogP contribution >= 0.6 is 0 Å². The molecular weight excluding hydrogens is 202 g/mol. The van der Waals surface area contributed by atoms with Gasteiger partial charge in [0.2, 0.25) is 0 Å². The van der Waals surface area contributed by atoms with Gasteiger partial charge in [0.25, 0.3) is 0 Å². The number of aliphatic hydroxyl groups is 1. The Morgan fingerprint density at radius 3 is 2.00 bits per heavy atom. The van der Waals surface area contributed by atoms with E-state index in [4.69, 9.17) is 9.22 Å². The highest BCUT2D eigenvalue weighted by atomic mass is 28.3. The second-order valence-electron chi connectivity index (χ2n) is 3.06. The SMILES string of the molecule is CCC(O)C(CC)(CC)O[Si](=O)O.N. The van der Waals surface area contributed by atoms with Crippen molar-refractivity contribution in [1.82, 2.24) is 6.15 Å². The molecule has 0 rings (SSSR count). The molecule has 0 heterocycles. The predicted molar refractivity (Wildman–Crippen MR) is 54.4 cm³/mol. The molecule has 86 valence electrons. The largest absolute Gasteiger partial charge is 0.765 e. The minimum absolute atomic E-state index is 0. The molecule has 0 aromatic rings. The smallest absolute Gasteiger partial charge is 0.511 e. The molecule has 0 aliphatic heterocycles. The van der Waals surface area contributed by atoms with Gasteiger partial charge >= 0.3 is 9.17 Å². The van der Waals surface area contributed by atoms with E-state index >= 15 is 0 Å². The van der Waals surface area contributed by atoms with E-state index in [2.05, 4.69) is 0 Å². The lowest BCUT2D eigenvalue weighted by Crippen LogP contribution is -2.45. The summed E-state index contributed by atoms with van der Waals surface area (Å²) in [5, 5.41) is 9.66. The summed E-state index contributed by atoms with van der Waals surface area (Å²) in [6.45, 7) is 5.50. The third-order valence-corrected chi connectivity index (χ3v) is 3.06. The first-order chi connectivity index (χ1) is 6.02. The van der Waals surface area contributed by atoms with Crippen LogP contribution in [0.5, 0.6) is 0 Å². The molecule has 0 aliphatic rings. The van der Waals surface area contributed by atoms with Gasteiger partial charge in [-0.05, 0) is 19.3 Å². The van der Waals surface area contributed by atoms with Gasteiger partial charge in [0, 0.05) is 0 Å². The first-order valence-corrected chi connectivity index (χ1v) is 5.88. The first kappa shape index (κ1) is 16.0. The van der Waals surface area contributed by atoms with Crippen LogP contribution in [-0.4, -0.2) is 30.8 Å². The molecule has 0 radical (unpaired) electrons. The van der Waals surface area contributed by atoms with Crippen molar-refractivity contribution < 1.29 is 18.8 Å². The Balaban J connectivity index is 0. The maximum Gasteiger partial charge on any atom is 0.765 e. The van der Waals surface area contributed by atoms with Gasteiger partial charge < -0.3 is 20.5 Å². The van der Waals surface area contributed by atoms with E-state index in [-0.39, 0.29) is 6.15 Å². The zero-order valence-electron chi connectivity index (χ0n) is 9.12. The summed E-state index contributed by atoms with van der Waals surface area (Å²) in [5.41, 5.74) is -0.848. The average Bonchev–Trinajstić information content (AvgIpc) is 2.12. The molecule has 0 aromatic carbocycles. The summed E-state index contributed by atoms with van der Waals surface area (Å²) in [6.07, 6.45) is 0.922. The maximum absolute atomic E-state index is 10.6. The summed E-state index contributed by atoms with van der Waals surface area (Å²) in [7, 11) is -2.98. The van der Waals surface area contributed by atoms with Crippen LogP contribution in [0.2, 0.25) is 0 Å². The topological polar surface area (TPSA) is 102 Å². The summed E-state index contributed by atoms with van der Waals surface area (Å²) in [6, 6.07) is 0. The van der Waals surface area contributed by atoms with Crippen LogP contribution in [0.3, 0.4) is 0 Å². The second-order valence-corrected chi connectivity index (χ2v) is 3.80. The maximum atomic E-state index is 10.6. The molecule has 0 spiro atoms. The van der Waals surface area contributed by atoms with Crippen molar-refractivity contribution in [2.75, 3.05) is 0 Å². The van der Waals surface area contributed by atoms with Crippen LogP contribution in [0.25, 0.3) is 0 Å². The van der Waals surface area contributed by atoms with E-state index < -0.39 is 20.9 Å². The Morgan fingerprint density at radius 2 is 1.79 bits per heavy atom. The van der Waals surface area contributed by atoms with Gasteiger partial charge in [-0.25, -0.2) is 0 Å². The fourth-order valence-corrected chi connectivity index (χ4v) is 2.25. The molecule has 5 N–H and O–H groups in total. The molecule has 1 unspecified atom stereocenters. The lowest BCUT2D eigenvalue weighted by molar-refractivity contribution is -0.0762. The summed E-state index contributed by atoms with van der Waals surface area (Å²) < 4.78 is 15.5. The van der Waals surface area contributed by atoms with Gasteiger partial charge in [-0.1, -0.05) is 20.8 Å². The minimum Gasteiger partial charge on any atom is -0.511 e. The van der Waals surface area contributed by atoms with E-state index in [1.165, 1.54) is 0 Å². The average molecular weight is 223 g/mol. The van der Waals surface area contributed by atoms with E-state index in [9.17, 15) is 9.57 Å². The quantitative estimate of drug-likeness (QED) is 0.581. The number of rotatable bonds is 6. The highest BCUT2D eigenvalue weighted by Crippen LogP contribution is 2.26. The highest BCUT2D eigenvalue weighted by Gasteiger charge is 2.37. The van der Waals surface area contributed by atoms with Gasteiger partial charge in [-0.15, -0.1) is 0 Å². The minimum atomic E-state index is -2.98. The zero-order chi connectivity index (χ0) is 10.5. The van der Waals surface area contributed by atoms with Crippen LogP contribution in [0.15, 0.2) is 0 Å². The number of hydrogen-bond acceptors (Lipinski definition) is 4. The summed E-state index contributed by atoms with van der Waals surface area (Å²) in [5.74, 6) is 0. The van der Waals surface area contributed by atoms with Crippen molar-refractivity contribution in [2.45, 2.75) is 51.7 Å². The summed E-state index contributed by atoms with van der Waals surface area (Å²) in [4.78, 5) is 8.71. The molecule has 5 nitrogen and oxygen atoms in total. The third kappa shape index (κ3) is 3.73. The highest BCUT2D eigenvalue weighted by molar-refractivity contribution is 6.24. The predicted octanol–water partition coefficient (Wildman–Crippen LogP) is 0.902. The Kier molecular flexibility index (Phi) is 7.89. The molecule has 0 saturated carbocycles. The van der Waals surface area contributed by atoms with Crippen LogP contribution in [0.4, 0.5) is 0 Å². The van der Waals surface area contributed by atoms with Crippen molar-refractivity contribution in [3.8, 4) is 0 Å². The van der Waals surface area contributed by atoms with Crippen molar-refractivity contribution in [3.05, 3.63) is 0 Å². The molecule has 0 aliphatic carbocycles. The molecular formula is C8H21NO4Si. The Bertz CT molecular complexity index is 173. The van der Waals surface area contributed by atoms with Gasteiger partial charge in [0.1, 0.15) is 5.60 Å². The fraction of sp³-hybridized carbons (Fsp3) is 1.00. The molecule has 14 heavy (non-hydrogen) atoms. The normalized spacial score (nSPS) is 12.9. The molecule has 0 amide bonds. The molecule has 6 heteroatoms. The van der Waals surface area contributed by atoms with Crippen molar-refractivity contribution in [3.63, 3.8) is 0 Å². The van der Waals surface area contributed by atoms with Gasteiger partial charge in [0.05, 0.1) is 6.10 Å². The van der Waals surface area contributed by atoms with E-state index in [1.807, 2.05) is 20.8 Å². The van der Waals surface area contributed by atoms with Crippen molar-refractivity contribution >= 4 is 9.17 Å². The Labute approximate surface area is 86.6 Å². The van der Waals surface area contributed by atoms with Gasteiger partial charge in [-0.3, -0.25) is 4.46 Å². The Hall–Kier alpha value is -0.463. The van der Waals surface area contributed by atoms with Crippen LogP contribution in [-0.2, 0) is 8.89 Å². The number of hydrogen-bond donors (Lipinski definition) is 3. The molecule has 0 saturated heterocycles. The van der Waals surface area contributed by atoms with E-state index in [1.54, 1.807) is 0 Å². The van der Waals surface area contributed by atoms with Crippen molar-refractivity contribution in [1.29, 1.82) is 0 Å². The van der Waals surface area contributed by atoms with E-state index in [0.29, 0.717) is 19.3 Å². The van der Waals surface area contributed by atoms with E-state index in [0.717, 1.165) is 0 Å². The van der Waals surface area contributed by atoms with Gasteiger partial charge in [-0.2, -0.15) is 0 Å².